The van der Waals surface area contributed by atoms with Crippen molar-refractivity contribution in [3.05, 3.63) is 23.9 Å². The summed E-state index contributed by atoms with van der Waals surface area (Å²) < 4.78 is 0. The van der Waals surface area contributed by atoms with E-state index in [0.29, 0.717) is 5.92 Å². The van der Waals surface area contributed by atoms with Crippen molar-refractivity contribution in [2.24, 2.45) is 5.92 Å². The van der Waals surface area contributed by atoms with Crippen molar-refractivity contribution < 1.29 is 5.11 Å². The molecule has 1 aromatic rings. The molecule has 0 unspecified atom stereocenters. The van der Waals surface area contributed by atoms with Gasteiger partial charge in [-0.1, -0.05) is 19.9 Å². The molecule has 0 atom stereocenters. The lowest BCUT2D eigenvalue weighted by atomic mass is 10.0. The molecule has 0 bridgehead atoms. The van der Waals surface area contributed by atoms with Crippen molar-refractivity contribution in [1.82, 2.24) is 4.98 Å². The van der Waals surface area contributed by atoms with Gasteiger partial charge in [0, 0.05) is 11.8 Å². The molecular weight excluding hydrogens is 150 g/mol. The number of rotatable bonds is 3. The van der Waals surface area contributed by atoms with E-state index in [1.807, 2.05) is 12.1 Å². The third-order valence-corrected chi connectivity index (χ3v) is 1.84. The Bertz CT molecular complexity index is 245. The highest BCUT2D eigenvalue weighted by Crippen LogP contribution is 2.16. The van der Waals surface area contributed by atoms with Crippen LogP contribution < -0.4 is 0 Å². The molecule has 0 saturated carbocycles. The van der Waals surface area contributed by atoms with Gasteiger partial charge in [0.25, 0.3) is 5.88 Å². The first-order chi connectivity index (χ1) is 5.70. The summed E-state index contributed by atoms with van der Waals surface area (Å²) in [5, 5.41) is 11.1. The molecule has 0 amide bonds. The first kappa shape index (κ1) is 9.04. The third-order valence-electron chi connectivity index (χ3n) is 1.84. The third kappa shape index (κ3) is 2.53. The zero-order chi connectivity index (χ0) is 8.97. The van der Waals surface area contributed by atoms with Gasteiger partial charge < -0.3 is 0 Å². The fourth-order valence-electron chi connectivity index (χ4n) is 1.06. The number of hydrogen-bond donors (Lipinski definition) is 0. The average molecular weight is 164 g/mol. The maximum absolute atomic E-state index is 11.1. The predicted octanol–water partition coefficient (Wildman–Crippen LogP) is 2.81. The number of aromatic nitrogens is 1. The molecule has 1 radical (unpaired) electrons. The van der Waals surface area contributed by atoms with Gasteiger partial charge >= 0.3 is 0 Å². The molecule has 0 aliphatic rings. The van der Waals surface area contributed by atoms with Crippen LogP contribution in [0.1, 0.15) is 25.8 Å². The fourth-order valence-corrected chi connectivity index (χ4v) is 1.06. The fraction of sp³-hybridized carbons (Fsp3) is 0.500. The lowest BCUT2D eigenvalue weighted by Gasteiger charge is -2.03. The van der Waals surface area contributed by atoms with E-state index >= 15 is 0 Å². The summed E-state index contributed by atoms with van der Waals surface area (Å²) in [6, 6.07) is 3.68. The Kier molecular flexibility index (Phi) is 3.09. The minimum absolute atomic E-state index is 0.0712. The molecule has 0 aliphatic carbocycles. The standard InChI is InChI=1S/C10H14NO/c1-8(2)5-6-9-4-3-7-11-10(9)12/h3-4,7-8H,5-6H2,1-2H3. The Morgan fingerprint density at radius 1 is 1.50 bits per heavy atom. The van der Waals surface area contributed by atoms with E-state index in [1.165, 1.54) is 0 Å². The lowest BCUT2D eigenvalue weighted by Crippen LogP contribution is -1.92. The van der Waals surface area contributed by atoms with Gasteiger partial charge in [0.2, 0.25) is 0 Å². The first-order valence-electron chi connectivity index (χ1n) is 4.31. The highest BCUT2D eigenvalue weighted by Gasteiger charge is 2.03. The van der Waals surface area contributed by atoms with Crippen LogP contribution in [0, 0.1) is 5.92 Å². The Morgan fingerprint density at radius 3 is 2.83 bits per heavy atom. The maximum Gasteiger partial charge on any atom is 0.272 e. The second-order valence-corrected chi connectivity index (χ2v) is 3.40. The van der Waals surface area contributed by atoms with Crippen molar-refractivity contribution in [3.63, 3.8) is 0 Å². The largest absolute Gasteiger partial charge is 0.272 e. The molecule has 0 aromatic carbocycles. The van der Waals surface area contributed by atoms with E-state index in [0.717, 1.165) is 18.4 Å². The summed E-state index contributed by atoms with van der Waals surface area (Å²) >= 11 is 0. The summed E-state index contributed by atoms with van der Waals surface area (Å²) in [6.07, 6.45) is 3.45. The average Bonchev–Trinajstić information content (AvgIpc) is 2.03. The number of pyridine rings is 1. The van der Waals surface area contributed by atoms with Crippen LogP contribution in [0.5, 0.6) is 5.88 Å². The molecule has 0 N–H and O–H groups in total. The Hall–Kier alpha value is -1.05. The molecule has 0 saturated heterocycles. The highest BCUT2D eigenvalue weighted by molar-refractivity contribution is 5.23. The van der Waals surface area contributed by atoms with E-state index in [4.69, 9.17) is 0 Å². The lowest BCUT2D eigenvalue weighted by molar-refractivity contribution is 0.331. The van der Waals surface area contributed by atoms with Gasteiger partial charge in [0.05, 0.1) is 0 Å². The quantitative estimate of drug-likeness (QED) is 0.676. The van der Waals surface area contributed by atoms with Crippen LogP contribution in [-0.2, 0) is 11.5 Å². The van der Waals surface area contributed by atoms with Crippen LogP contribution in [-0.4, -0.2) is 4.98 Å². The second kappa shape index (κ2) is 4.10. The highest BCUT2D eigenvalue weighted by atomic mass is 16.3. The first-order valence-corrected chi connectivity index (χ1v) is 4.31. The van der Waals surface area contributed by atoms with E-state index in [-0.39, 0.29) is 5.88 Å². The molecule has 65 valence electrons. The van der Waals surface area contributed by atoms with Gasteiger partial charge in [-0.2, -0.15) is 0 Å². The Labute approximate surface area is 73.3 Å². The van der Waals surface area contributed by atoms with Crippen LogP contribution in [0.3, 0.4) is 0 Å². The summed E-state index contributed by atoms with van der Waals surface area (Å²) in [7, 11) is 0. The smallest absolute Gasteiger partial charge is 0.267 e. The zero-order valence-electron chi connectivity index (χ0n) is 7.58. The molecule has 0 fully saturated rings. The maximum atomic E-state index is 11.1. The molecule has 0 aliphatic heterocycles. The molecule has 1 aromatic heterocycles. The molecule has 1 rings (SSSR count). The van der Waals surface area contributed by atoms with Gasteiger partial charge in [-0.15, -0.1) is 0 Å². The normalized spacial score (nSPS) is 10.6. The van der Waals surface area contributed by atoms with E-state index in [9.17, 15) is 5.11 Å². The van der Waals surface area contributed by atoms with Crippen molar-refractivity contribution >= 4 is 0 Å². The number of aryl methyl sites for hydroxylation is 1. The zero-order valence-corrected chi connectivity index (χ0v) is 7.58. The van der Waals surface area contributed by atoms with Crippen LogP contribution in [0.2, 0.25) is 0 Å². The van der Waals surface area contributed by atoms with E-state index in [1.54, 1.807) is 6.20 Å². The molecule has 0 spiro atoms. The number of nitrogens with zero attached hydrogens (tertiary/aromatic N) is 1. The molecule has 1 heterocycles. The SMILES string of the molecule is CC(C)CCc1cccnc1[O]. The van der Waals surface area contributed by atoms with Crippen LogP contribution in [0.15, 0.2) is 18.3 Å². The summed E-state index contributed by atoms with van der Waals surface area (Å²) in [4.78, 5) is 3.70. The Balaban J connectivity index is 2.57. The van der Waals surface area contributed by atoms with Crippen molar-refractivity contribution in [1.29, 1.82) is 0 Å². The van der Waals surface area contributed by atoms with Gasteiger partial charge in [0.1, 0.15) is 0 Å². The van der Waals surface area contributed by atoms with Gasteiger partial charge in [-0.25, -0.2) is 4.98 Å². The topological polar surface area (TPSA) is 32.8 Å². The monoisotopic (exact) mass is 164 g/mol. The molecule has 12 heavy (non-hydrogen) atoms. The molecule has 2 heteroatoms. The van der Waals surface area contributed by atoms with Crippen molar-refractivity contribution in [3.8, 4) is 5.88 Å². The van der Waals surface area contributed by atoms with Crippen molar-refractivity contribution in [2.75, 3.05) is 0 Å². The van der Waals surface area contributed by atoms with E-state index in [2.05, 4.69) is 18.8 Å². The second-order valence-electron chi connectivity index (χ2n) is 3.40. The summed E-state index contributed by atoms with van der Waals surface area (Å²) in [5.41, 5.74) is 0.839. The van der Waals surface area contributed by atoms with Crippen LogP contribution in [0.25, 0.3) is 0 Å². The van der Waals surface area contributed by atoms with Crippen LogP contribution >= 0.6 is 0 Å². The minimum Gasteiger partial charge on any atom is -0.267 e. The molecular formula is C10H14NO. The summed E-state index contributed by atoms with van der Waals surface area (Å²) in [5.74, 6) is 0.572. The summed E-state index contributed by atoms with van der Waals surface area (Å²) in [6.45, 7) is 4.31. The predicted molar refractivity (Wildman–Crippen MR) is 47.5 cm³/mol. The van der Waals surface area contributed by atoms with E-state index < -0.39 is 0 Å². The van der Waals surface area contributed by atoms with Gasteiger partial charge in [-0.3, -0.25) is 5.11 Å². The Morgan fingerprint density at radius 2 is 2.25 bits per heavy atom. The van der Waals surface area contributed by atoms with Gasteiger partial charge in [0.15, 0.2) is 0 Å². The number of hydrogen-bond acceptors (Lipinski definition) is 1. The van der Waals surface area contributed by atoms with Gasteiger partial charge in [-0.05, 0) is 24.8 Å². The molecule has 2 nitrogen and oxygen atoms in total. The van der Waals surface area contributed by atoms with Crippen LogP contribution in [0.4, 0.5) is 0 Å². The van der Waals surface area contributed by atoms with Crippen molar-refractivity contribution in [2.45, 2.75) is 26.7 Å². The minimum atomic E-state index is -0.0712.